The van der Waals surface area contributed by atoms with E-state index in [1.807, 2.05) is 21.1 Å². The fraction of sp³-hybridized carbons (Fsp3) is 0.843. The number of rotatable bonds is 46. The van der Waals surface area contributed by atoms with Crippen molar-refractivity contribution in [1.82, 2.24) is 0 Å². The number of hydrogen-bond acceptors (Lipinski definition) is 7. The zero-order valence-electron chi connectivity index (χ0n) is 40.4. The number of nitrogens with zero attached hydrogens (tertiary/aromatic N) is 1. The summed E-state index contributed by atoms with van der Waals surface area (Å²) in [6.45, 7) is 4.36. The van der Waals surface area contributed by atoms with Gasteiger partial charge in [0.1, 0.15) is 19.8 Å². The van der Waals surface area contributed by atoms with E-state index in [0.29, 0.717) is 17.4 Å². The molecular weight excluding hydrogens is 786 g/mol. The Morgan fingerprint density at radius 3 is 1.31 bits per heavy atom. The molecule has 358 valence electrons. The Morgan fingerprint density at radius 1 is 0.508 bits per heavy atom. The molecule has 0 aliphatic heterocycles. The minimum absolute atomic E-state index is 0.0331. The van der Waals surface area contributed by atoms with Crippen LogP contribution in [0.2, 0.25) is 0 Å². The van der Waals surface area contributed by atoms with E-state index in [1.165, 1.54) is 141 Å². The molecule has 0 spiro atoms. The second-order valence-electron chi connectivity index (χ2n) is 18.2. The minimum atomic E-state index is -4.37. The van der Waals surface area contributed by atoms with Gasteiger partial charge in [0.2, 0.25) is 0 Å². The lowest BCUT2D eigenvalue weighted by Gasteiger charge is -2.24. The number of phosphoric acid groups is 1. The Balaban J connectivity index is 3.93. The van der Waals surface area contributed by atoms with Crippen LogP contribution in [0.3, 0.4) is 0 Å². The summed E-state index contributed by atoms with van der Waals surface area (Å²) in [6, 6.07) is 0. The third-order valence-corrected chi connectivity index (χ3v) is 11.9. The van der Waals surface area contributed by atoms with Gasteiger partial charge < -0.3 is 18.9 Å². The number of ether oxygens (including phenoxy) is 2. The van der Waals surface area contributed by atoms with Crippen molar-refractivity contribution in [2.75, 3.05) is 47.5 Å². The summed E-state index contributed by atoms with van der Waals surface area (Å²) in [6.07, 6.45) is 51.1. The Labute approximate surface area is 376 Å². The molecule has 9 nitrogen and oxygen atoms in total. The summed E-state index contributed by atoms with van der Waals surface area (Å²) in [5.74, 6) is -0.802. The molecule has 0 saturated carbocycles. The number of hydrogen-bond donors (Lipinski definition) is 1. The van der Waals surface area contributed by atoms with Crippen molar-refractivity contribution < 1.29 is 42.1 Å². The first-order valence-electron chi connectivity index (χ1n) is 25.2. The van der Waals surface area contributed by atoms with Crippen molar-refractivity contribution in [2.45, 2.75) is 232 Å². The van der Waals surface area contributed by atoms with Crippen LogP contribution in [-0.2, 0) is 32.7 Å². The average Bonchev–Trinajstić information content (AvgIpc) is 3.21. The number of unbranched alkanes of at least 4 members (excludes halogenated alkanes) is 26. The fourth-order valence-corrected chi connectivity index (χ4v) is 7.70. The number of likely N-dealkylation sites (N-methyl/N-ethyl adjacent to an activating group) is 1. The van der Waals surface area contributed by atoms with E-state index < -0.39 is 26.5 Å². The summed E-state index contributed by atoms with van der Waals surface area (Å²) in [5.41, 5.74) is 0. The van der Waals surface area contributed by atoms with Gasteiger partial charge >= 0.3 is 19.8 Å². The van der Waals surface area contributed by atoms with E-state index >= 15 is 0 Å². The zero-order valence-corrected chi connectivity index (χ0v) is 41.3. The molecule has 0 bridgehead atoms. The van der Waals surface area contributed by atoms with Crippen LogP contribution in [0.4, 0.5) is 0 Å². The predicted molar refractivity (Wildman–Crippen MR) is 257 cm³/mol. The second kappa shape index (κ2) is 43.5. The smallest absolute Gasteiger partial charge is 0.462 e. The van der Waals surface area contributed by atoms with Gasteiger partial charge in [-0.05, 0) is 51.4 Å². The largest absolute Gasteiger partial charge is 0.472 e. The fourth-order valence-electron chi connectivity index (χ4n) is 6.96. The SMILES string of the molecule is CCCCCCC/C=C\C/C=C\C/C=C\CCCCCCCCCCCCCCCCCCC(=O)OC(COC(=O)CCCCCCCC)COP(=O)(O)OCC[N+](C)(C)C. The highest BCUT2D eigenvalue weighted by Crippen LogP contribution is 2.43. The van der Waals surface area contributed by atoms with E-state index in [2.05, 4.69) is 50.3 Å². The molecule has 0 rings (SSSR count). The quantitative estimate of drug-likeness (QED) is 0.0212. The van der Waals surface area contributed by atoms with Crippen molar-refractivity contribution in [2.24, 2.45) is 0 Å². The zero-order chi connectivity index (χ0) is 45.0. The van der Waals surface area contributed by atoms with Crippen molar-refractivity contribution >= 4 is 19.8 Å². The van der Waals surface area contributed by atoms with Gasteiger partial charge in [-0.2, -0.15) is 0 Å². The van der Waals surface area contributed by atoms with Gasteiger partial charge in [-0.25, -0.2) is 4.57 Å². The van der Waals surface area contributed by atoms with Crippen LogP contribution < -0.4 is 0 Å². The molecule has 2 atom stereocenters. The van der Waals surface area contributed by atoms with Crippen LogP contribution >= 0.6 is 7.82 Å². The Kier molecular flexibility index (Phi) is 42.2. The minimum Gasteiger partial charge on any atom is -0.462 e. The maximum atomic E-state index is 12.7. The van der Waals surface area contributed by atoms with Gasteiger partial charge in [-0.15, -0.1) is 0 Å². The standard InChI is InChI=1S/C51H96NO8P/c1-6-8-10-12-14-15-16-17-18-19-20-21-22-23-24-25-26-27-28-29-30-31-32-33-34-35-36-37-38-40-42-44-51(54)60-49(47-57-50(53)43-41-39-13-11-9-7-2)48-59-61(55,56)58-46-45-52(3,4)5/h16-17,19-20,22-23,49H,6-15,18,21,24-48H2,1-5H3/p+1/b17-16-,20-19-,23-22-. The highest BCUT2D eigenvalue weighted by atomic mass is 31.2. The summed E-state index contributed by atoms with van der Waals surface area (Å²) in [7, 11) is 1.48. The van der Waals surface area contributed by atoms with E-state index in [1.54, 1.807) is 0 Å². The summed E-state index contributed by atoms with van der Waals surface area (Å²) >= 11 is 0. The number of allylic oxidation sites excluding steroid dienone is 6. The number of carbonyl (C=O) groups excluding carboxylic acids is 2. The third-order valence-electron chi connectivity index (χ3n) is 10.9. The molecule has 0 aliphatic carbocycles. The van der Waals surface area contributed by atoms with Crippen LogP contribution in [0.25, 0.3) is 0 Å². The van der Waals surface area contributed by atoms with E-state index in [-0.39, 0.29) is 32.0 Å². The maximum Gasteiger partial charge on any atom is 0.472 e. The van der Waals surface area contributed by atoms with Gasteiger partial charge in [0.15, 0.2) is 6.10 Å². The van der Waals surface area contributed by atoms with Crippen molar-refractivity contribution in [3.05, 3.63) is 36.5 Å². The Bertz CT molecular complexity index is 1130. The molecule has 10 heteroatoms. The molecule has 0 aromatic rings. The molecule has 0 saturated heterocycles. The molecule has 0 amide bonds. The molecule has 2 unspecified atom stereocenters. The second-order valence-corrected chi connectivity index (χ2v) is 19.7. The van der Waals surface area contributed by atoms with Gasteiger partial charge in [0.05, 0.1) is 27.7 Å². The first kappa shape index (κ1) is 59.2. The lowest BCUT2D eigenvalue weighted by molar-refractivity contribution is -0.870. The van der Waals surface area contributed by atoms with E-state index in [9.17, 15) is 19.0 Å². The Hall–Kier alpha value is -1.77. The lowest BCUT2D eigenvalue weighted by Crippen LogP contribution is -2.37. The summed E-state index contributed by atoms with van der Waals surface area (Å²) < 4.78 is 34.2. The monoisotopic (exact) mass is 883 g/mol. The molecule has 61 heavy (non-hydrogen) atoms. The number of carbonyl (C=O) groups is 2. The Morgan fingerprint density at radius 2 is 0.885 bits per heavy atom. The van der Waals surface area contributed by atoms with Crippen LogP contribution in [-0.4, -0.2) is 74.9 Å². The number of quaternary nitrogens is 1. The molecule has 0 aromatic carbocycles. The van der Waals surface area contributed by atoms with Crippen LogP contribution in [0.5, 0.6) is 0 Å². The van der Waals surface area contributed by atoms with Gasteiger partial charge in [-0.1, -0.05) is 198 Å². The molecule has 0 heterocycles. The van der Waals surface area contributed by atoms with Gasteiger partial charge in [0.25, 0.3) is 0 Å². The summed E-state index contributed by atoms with van der Waals surface area (Å²) in [4.78, 5) is 35.2. The average molecular weight is 883 g/mol. The number of phosphoric ester groups is 1. The normalized spacial score (nSPS) is 13.7. The first-order valence-corrected chi connectivity index (χ1v) is 26.7. The maximum absolute atomic E-state index is 12.7. The molecule has 0 aromatic heterocycles. The lowest BCUT2D eigenvalue weighted by atomic mass is 10.0. The molecule has 1 N–H and O–H groups in total. The molecule has 0 fully saturated rings. The van der Waals surface area contributed by atoms with E-state index in [0.717, 1.165) is 51.4 Å². The predicted octanol–water partition coefficient (Wildman–Crippen LogP) is 14.9. The summed E-state index contributed by atoms with van der Waals surface area (Å²) in [5, 5.41) is 0. The van der Waals surface area contributed by atoms with Crippen molar-refractivity contribution in [3.63, 3.8) is 0 Å². The van der Waals surface area contributed by atoms with Crippen LogP contribution in [0.1, 0.15) is 226 Å². The third kappa shape index (κ3) is 47.5. The van der Waals surface area contributed by atoms with Crippen molar-refractivity contribution in [3.8, 4) is 0 Å². The van der Waals surface area contributed by atoms with E-state index in [4.69, 9.17) is 18.5 Å². The molecule has 0 radical (unpaired) electrons. The highest BCUT2D eigenvalue weighted by Gasteiger charge is 2.27. The van der Waals surface area contributed by atoms with Crippen molar-refractivity contribution in [1.29, 1.82) is 0 Å². The molecule has 0 aliphatic rings. The van der Waals surface area contributed by atoms with Crippen LogP contribution in [0, 0.1) is 0 Å². The first-order chi connectivity index (χ1) is 29.5. The topological polar surface area (TPSA) is 108 Å². The van der Waals surface area contributed by atoms with Gasteiger partial charge in [-0.3, -0.25) is 18.6 Å². The highest BCUT2D eigenvalue weighted by molar-refractivity contribution is 7.47. The van der Waals surface area contributed by atoms with Gasteiger partial charge in [0, 0.05) is 12.8 Å². The molecular formula is C51H97NO8P+. The number of esters is 2. The van der Waals surface area contributed by atoms with Crippen LogP contribution in [0.15, 0.2) is 36.5 Å².